The van der Waals surface area contributed by atoms with E-state index in [2.05, 4.69) is 32.4 Å². The maximum atomic E-state index is 12.5. The lowest BCUT2D eigenvalue weighted by Gasteiger charge is -2.17. The summed E-state index contributed by atoms with van der Waals surface area (Å²) < 4.78 is 28.2. The van der Waals surface area contributed by atoms with Gasteiger partial charge in [0.15, 0.2) is 15.0 Å². The minimum Gasteiger partial charge on any atom is -0.320 e. The second-order valence-corrected chi connectivity index (χ2v) is 10.6. The summed E-state index contributed by atoms with van der Waals surface area (Å²) in [5, 5.41) is 0.966. The van der Waals surface area contributed by atoms with Gasteiger partial charge in [-0.3, -0.25) is 0 Å². The molecule has 1 fully saturated rings. The molecule has 0 radical (unpaired) electrons. The van der Waals surface area contributed by atoms with E-state index in [1.807, 2.05) is 6.92 Å². The molecule has 0 aliphatic heterocycles. The van der Waals surface area contributed by atoms with Crippen molar-refractivity contribution in [3.63, 3.8) is 0 Å². The molecular formula is C18H23BrN2O2S2. The minimum absolute atomic E-state index is 0.120. The van der Waals surface area contributed by atoms with E-state index in [1.165, 1.54) is 31.4 Å². The highest BCUT2D eigenvalue weighted by molar-refractivity contribution is 9.10. The SMILES string of the molecule is Cc1nc(SCCS(=O)(=O)c2ccc(Br)cc2)n(C2CCCC2)c1C. The fraction of sp³-hybridized carbons (Fsp3) is 0.500. The number of hydrogen-bond donors (Lipinski definition) is 0. The van der Waals surface area contributed by atoms with Gasteiger partial charge in [-0.1, -0.05) is 40.5 Å². The number of halogens is 1. The van der Waals surface area contributed by atoms with Crippen molar-refractivity contribution in [1.29, 1.82) is 0 Å². The van der Waals surface area contributed by atoms with Crippen LogP contribution in [0.5, 0.6) is 0 Å². The zero-order valence-electron chi connectivity index (χ0n) is 14.5. The molecule has 1 aromatic carbocycles. The van der Waals surface area contributed by atoms with Gasteiger partial charge in [0.1, 0.15) is 0 Å². The van der Waals surface area contributed by atoms with E-state index in [1.54, 1.807) is 36.0 Å². The monoisotopic (exact) mass is 442 g/mol. The smallest absolute Gasteiger partial charge is 0.179 e. The maximum absolute atomic E-state index is 12.5. The Morgan fingerprint density at radius 2 is 1.84 bits per heavy atom. The predicted octanol–water partition coefficient (Wildman–Crippen LogP) is 4.94. The summed E-state index contributed by atoms with van der Waals surface area (Å²) >= 11 is 4.89. The quantitative estimate of drug-likeness (QED) is 0.594. The van der Waals surface area contributed by atoms with Crippen LogP contribution in [0.1, 0.15) is 43.1 Å². The molecule has 4 nitrogen and oxygen atoms in total. The molecule has 7 heteroatoms. The normalized spacial score (nSPS) is 15.8. The fourth-order valence-electron chi connectivity index (χ4n) is 3.29. The Morgan fingerprint density at radius 3 is 2.48 bits per heavy atom. The van der Waals surface area contributed by atoms with Gasteiger partial charge in [0.2, 0.25) is 0 Å². The van der Waals surface area contributed by atoms with Gasteiger partial charge in [-0.05, 0) is 51.0 Å². The Bertz CT molecular complexity index is 839. The summed E-state index contributed by atoms with van der Waals surface area (Å²) in [6, 6.07) is 7.35. The molecular weight excluding hydrogens is 420 g/mol. The molecule has 0 N–H and O–H groups in total. The third kappa shape index (κ3) is 4.31. The van der Waals surface area contributed by atoms with Crippen molar-refractivity contribution in [3.05, 3.63) is 40.1 Å². The summed E-state index contributed by atoms with van der Waals surface area (Å²) in [6.07, 6.45) is 4.93. The third-order valence-electron chi connectivity index (χ3n) is 4.80. The van der Waals surface area contributed by atoms with Crippen molar-refractivity contribution >= 4 is 37.5 Å². The average Bonchev–Trinajstić information content (AvgIpc) is 3.17. The van der Waals surface area contributed by atoms with Crippen LogP contribution in [-0.2, 0) is 9.84 Å². The van der Waals surface area contributed by atoms with Crippen molar-refractivity contribution in [2.45, 2.75) is 55.6 Å². The molecule has 1 saturated carbocycles. The van der Waals surface area contributed by atoms with Crippen LogP contribution < -0.4 is 0 Å². The van der Waals surface area contributed by atoms with Crippen molar-refractivity contribution < 1.29 is 8.42 Å². The standard InChI is InChI=1S/C18H23BrN2O2S2/c1-13-14(2)21(16-5-3-4-6-16)18(20-13)24-11-12-25(22,23)17-9-7-15(19)8-10-17/h7-10,16H,3-6,11-12H2,1-2H3. The molecule has 3 rings (SSSR count). The van der Waals surface area contributed by atoms with E-state index in [4.69, 9.17) is 0 Å². The Balaban J connectivity index is 1.70. The van der Waals surface area contributed by atoms with Crippen LogP contribution in [0.15, 0.2) is 38.8 Å². The zero-order chi connectivity index (χ0) is 18.0. The topological polar surface area (TPSA) is 52.0 Å². The van der Waals surface area contributed by atoms with E-state index in [0.29, 0.717) is 16.7 Å². The van der Waals surface area contributed by atoms with Gasteiger partial charge in [-0.2, -0.15) is 0 Å². The number of sulfone groups is 1. The van der Waals surface area contributed by atoms with Gasteiger partial charge in [-0.25, -0.2) is 13.4 Å². The Kier molecular flexibility index (Phi) is 5.96. The number of nitrogens with zero attached hydrogens (tertiary/aromatic N) is 2. The Morgan fingerprint density at radius 1 is 1.20 bits per heavy atom. The van der Waals surface area contributed by atoms with E-state index >= 15 is 0 Å². The zero-order valence-corrected chi connectivity index (χ0v) is 17.8. The third-order valence-corrected chi connectivity index (χ3v) is 8.27. The lowest BCUT2D eigenvalue weighted by Crippen LogP contribution is -2.11. The first-order valence-electron chi connectivity index (χ1n) is 8.55. The van der Waals surface area contributed by atoms with Gasteiger partial charge >= 0.3 is 0 Å². The van der Waals surface area contributed by atoms with E-state index in [0.717, 1.165) is 15.3 Å². The first-order chi connectivity index (χ1) is 11.9. The van der Waals surface area contributed by atoms with E-state index < -0.39 is 9.84 Å². The average molecular weight is 443 g/mol. The molecule has 1 heterocycles. The fourth-order valence-corrected chi connectivity index (χ4v) is 6.36. The molecule has 136 valence electrons. The summed E-state index contributed by atoms with van der Waals surface area (Å²) in [7, 11) is -3.26. The van der Waals surface area contributed by atoms with Crippen LogP contribution >= 0.6 is 27.7 Å². The molecule has 25 heavy (non-hydrogen) atoms. The van der Waals surface area contributed by atoms with Crippen LogP contribution in [-0.4, -0.2) is 29.5 Å². The molecule has 1 aliphatic carbocycles. The van der Waals surface area contributed by atoms with Crippen LogP contribution in [0.3, 0.4) is 0 Å². The minimum atomic E-state index is -3.26. The molecule has 0 bridgehead atoms. The molecule has 0 spiro atoms. The summed E-state index contributed by atoms with van der Waals surface area (Å²) in [5.41, 5.74) is 2.26. The van der Waals surface area contributed by atoms with Crippen LogP contribution in [0.25, 0.3) is 0 Å². The molecule has 0 amide bonds. The highest BCUT2D eigenvalue weighted by Gasteiger charge is 2.23. The molecule has 1 aromatic heterocycles. The lowest BCUT2D eigenvalue weighted by molar-refractivity contribution is 0.471. The van der Waals surface area contributed by atoms with Crippen molar-refractivity contribution in [1.82, 2.24) is 9.55 Å². The van der Waals surface area contributed by atoms with Crippen LogP contribution in [0.4, 0.5) is 0 Å². The molecule has 1 aliphatic rings. The summed E-state index contributed by atoms with van der Waals surface area (Å²) in [4.78, 5) is 5.06. The molecule has 2 aromatic rings. The number of rotatable bonds is 6. The molecule has 0 unspecified atom stereocenters. The second kappa shape index (κ2) is 7.84. The largest absolute Gasteiger partial charge is 0.320 e. The van der Waals surface area contributed by atoms with Crippen LogP contribution in [0, 0.1) is 13.8 Å². The highest BCUT2D eigenvalue weighted by Crippen LogP contribution is 2.35. The number of aromatic nitrogens is 2. The predicted molar refractivity (Wildman–Crippen MR) is 106 cm³/mol. The van der Waals surface area contributed by atoms with E-state index in [-0.39, 0.29) is 5.75 Å². The van der Waals surface area contributed by atoms with Gasteiger partial charge in [-0.15, -0.1) is 0 Å². The van der Waals surface area contributed by atoms with Crippen LogP contribution in [0.2, 0.25) is 0 Å². The number of thioether (sulfide) groups is 1. The maximum Gasteiger partial charge on any atom is 0.179 e. The summed E-state index contributed by atoms with van der Waals surface area (Å²) in [6.45, 7) is 4.15. The van der Waals surface area contributed by atoms with Gasteiger partial charge < -0.3 is 4.57 Å². The van der Waals surface area contributed by atoms with E-state index in [9.17, 15) is 8.42 Å². The van der Waals surface area contributed by atoms with Crippen molar-refractivity contribution in [2.24, 2.45) is 0 Å². The number of hydrogen-bond acceptors (Lipinski definition) is 4. The van der Waals surface area contributed by atoms with Gasteiger partial charge in [0.05, 0.1) is 16.3 Å². The van der Waals surface area contributed by atoms with Gasteiger partial charge in [0, 0.05) is 22.0 Å². The lowest BCUT2D eigenvalue weighted by atomic mass is 10.2. The first-order valence-corrected chi connectivity index (χ1v) is 12.0. The Hall–Kier alpha value is -0.790. The van der Waals surface area contributed by atoms with Crippen molar-refractivity contribution in [2.75, 3.05) is 11.5 Å². The molecule has 0 saturated heterocycles. The first kappa shape index (κ1) is 19.0. The Labute approximate surface area is 162 Å². The number of benzene rings is 1. The molecule has 0 atom stereocenters. The van der Waals surface area contributed by atoms with Gasteiger partial charge in [0.25, 0.3) is 0 Å². The van der Waals surface area contributed by atoms with Crippen molar-refractivity contribution in [3.8, 4) is 0 Å². The summed E-state index contributed by atoms with van der Waals surface area (Å²) in [5.74, 6) is 0.635. The highest BCUT2D eigenvalue weighted by atomic mass is 79.9. The number of imidazole rings is 1. The second-order valence-electron chi connectivity index (χ2n) is 6.49. The number of aryl methyl sites for hydroxylation is 1.